The number of rotatable bonds is 2. The fourth-order valence-corrected chi connectivity index (χ4v) is 2.04. The van der Waals surface area contributed by atoms with Crippen LogP contribution in [0.2, 0.25) is 0 Å². The van der Waals surface area contributed by atoms with Crippen molar-refractivity contribution >= 4 is 5.69 Å². The minimum absolute atomic E-state index is 0.0234. The summed E-state index contributed by atoms with van der Waals surface area (Å²) in [7, 11) is 1.99. The molecule has 0 radical (unpaired) electrons. The van der Waals surface area contributed by atoms with E-state index in [4.69, 9.17) is 5.11 Å². The number of anilines is 1. The lowest BCUT2D eigenvalue weighted by Gasteiger charge is -2.34. The predicted octanol–water partition coefficient (Wildman–Crippen LogP) is 1.21. The third-order valence-electron chi connectivity index (χ3n) is 3.08. The van der Waals surface area contributed by atoms with Crippen LogP contribution in [0.4, 0.5) is 14.5 Å². The van der Waals surface area contributed by atoms with Crippen LogP contribution in [0.5, 0.6) is 0 Å². The fraction of sp³-hybridized carbons (Fsp3) is 0.500. The number of nitrogens with zero attached hydrogens (tertiary/aromatic N) is 2. The van der Waals surface area contributed by atoms with Crippen LogP contribution in [0, 0.1) is 11.6 Å². The zero-order valence-electron chi connectivity index (χ0n) is 9.79. The normalized spacial score (nSPS) is 17.5. The lowest BCUT2D eigenvalue weighted by atomic mass is 10.1. The third-order valence-corrected chi connectivity index (χ3v) is 3.08. The van der Waals surface area contributed by atoms with Crippen LogP contribution in [0.3, 0.4) is 0 Å². The maximum absolute atomic E-state index is 13.8. The molecule has 1 N–H and O–H groups in total. The second-order valence-electron chi connectivity index (χ2n) is 4.36. The molecule has 3 nitrogen and oxygen atoms in total. The maximum atomic E-state index is 13.8. The summed E-state index contributed by atoms with van der Waals surface area (Å²) in [6.45, 7) is 2.46. The number of halogens is 2. The Morgan fingerprint density at radius 3 is 2.12 bits per heavy atom. The van der Waals surface area contributed by atoms with Gasteiger partial charge in [0.15, 0.2) is 0 Å². The van der Waals surface area contributed by atoms with Gasteiger partial charge < -0.3 is 14.9 Å². The number of piperazine rings is 1. The highest BCUT2D eigenvalue weighted by molar-refractivity contribution is 5.51. The second kappa shape index (κ2) is 4.98. The number of hydrogen-bond donors (Lipinski definition) is 1. The first kappa shape index (κ1) is 12.3. The van der Waals surface area contributed by atoms with E-state index in [1.54, 1.807) is 4.90 Å². The molecule has 0 spiro atoms. The van der Waals surface area contributed by atoms with E-state index in [2.05, 4.69) is 4.90 Å². The van der Waals surface area contributed by atoms with Crippen molar-refractivity contribution in [2.24, 2.45) is 0 Å². The minimum Gasteiger partial charge on any atom is -0.392 e. The van der Waals surface area contributed by atoms with Gasteiger partial charge in [0.1, 0.15) is 17.3 Å². The van der Waals surface area contributed by atoms with Crippen molar-refractivity contribution < 1.29 is 13.9 Å². The van der Waals surface area contributed by atoms with Crippen molar-refractivity contribution in [1.29, 1.82) is 0 Å². The highest BCUT2D eigenvalue weighted by Gasteiger charge is 2.21. The Morgan fingerprint density at radius 2 is 1.65 bits per heavy atom. The first-order chi connectivity index (χ1) is 8.11. The van der Waals surface area contributed by atoms with E-state index < -0.39 is 11.6 Å². The topological polar surface area (TPSA) is 26.7 Å². The Balaban J connectivity index is 2.26. The highest BCUT2D eigenvalue weighted by Crippen LogP contribution is 2.25. The summed E-state index contributed by atoms with van der Waals surface area (Å²) in [5, 5.41) is 8.87. The van der Waals surface area contributed by atoms with Gasteiger partial charge in [0.25, 0.3) is 0 Å². The number of likely N-dealkylation sites (N-methyl/N-ethyl adjacent to an activating group) is 1. The summed E-state index contributed by atoms with van der Waals surface area (Å²) in [6, 6.07) is 2.38. The van der Waals surface area contributed by atoms with Crippen molar-refractivity contribution in [3.63, 3.8) is 0 Å². The van der Waals surface area contributed by atoms with Crippen LogP contribution >= 0.6 is 0 Å². The van der Waals surface area contributed by atoms with Crippen LogP contribution in [-0.4, -0.2) is 43.2 Å². The third kappa shape index (κ3) is 2.56. The SMILES string of the molecule is CN1CCN(c2c(F)cc(CO)cc2F)CC1. The zero-order chi connectivity index (χ0) is 12.4. The molecule has 5 heteroatoms. The maximum Gasteiger partial charge on any atom is 0.149 e. The average Bonchev–Trinajstić information content (AvgIpc) is 2.30. The molecule has 17 heavy (non-hydrogen) atoms. The smallest absolute Gasteiger partial charge is 0.149 e. The van der Waals surface area contributed by atoms with Crippen LogP contribution < -0.4 is 4.90 Å². The molecule has 0 aromatic heterocycles. The Bertz CT molecular complexity index is 380. The molecule has 0 amide bonds. The van der Waals surface area contributed by atoms with Gasteiger partial charge in [0, 0.05) is 26.2 Å². The Hall–Kier alpha value is -1.20. The van der Waals surface area contributed by atoms with Crippen molar-refractivity contribution in [1.82, 2.24) is 4.90 Å². The van der Waals surface area contributed by atoms with Crippen LogP contribution in [0.1, 0.15) is 5.56 Å². The van der Waals surface area contributed by atoms with Gasteiger partial charge in [-0.05, 0) is 24.7 Å². The molecular formula is C12H16F2N2O. The number of benzene rings is 1. The van der Waals surface area contributed by atoms with E-state index in [0.29, 0.717) is 13.1 Å². The van der Waals surface area contributed by atoms with Crippen LogP contribution in [0.25, 0.3) is 0 Å². The van der Waals surface area contributed by atoms with Crippen molar-refractivity contribution in [3.8, 4) is 0 Å². The molecule has 0 aliphatic carbocycles. The van der Waals surface area contributed by atoms with Gasteiger partial charge in [-0.1, -0.05) is 0 Å². The lowest BCUT2D eigenvalue weighted by molar-refractivity contribution is 0.280. The lowest BCUT2D eigenvalue weighted by Crippen LogP contribution is -2.45. The van der Waals surface area contributed by atoms with E-state index in [0.717, 1.165) is 13.1 Å². The van der Waals surface area contributed by atoms with Gasteiger partial charge in [-0.3, -0.25) is 0 Å². The van der Waals surface area contributed by atoms with Crippen molar-refractivity contribution in [3.05, 3.63) is 29.3 Å². The van der Waals surface area contributed by atoms with Gasteiger partial charge in [-0.25, -0.2) is 8.78 Å². The first-order valence-corrected chi connectivity index (χ1v) is 5.64. The summed E-state index contributed by atoms with van der Waals surface area (Å²) in [5.41, 5.74) is 0.285. The fourth-order valence-electron chi connectivity index (χ4n) is 2.04. The number of hydrogen-bond acceptors (Lipinski definition) is 3. The van der Waals surface area contributed by atoms with Crippen molar-refractivity contribution in [2.45, 2.75) is 6.61 Å². The predicted molar refractivity (Wildman–Crippen MR) is 62.0 cm³/mol. The molecule has 1 heterocycles. The zero-order valence-corrected chi connectivity index (χ0v) is 9.79. The molecule has 0 saturated carbocycles. The Kier molecular flexibility index (Phi) is 3.59. The number of aliphatic hydroxyl groups excluding tert-OH is 1. The summed E-state index contributed by atoms with van der Waals surface area (Å²) < 4.78 is 27.5. The van der Waals surface area contributed by atoms with Crippen LogP contribution in [0.15, 0.2) is 12.1 Å². The molecular weight excluding hydrogens is 226 g/mol. The van der Waals surface area contributed by atoms with Gasteiger partial charge in [0.2, 0.25) is 0 Å². The largest absolute Gasteiger partial charge is 0.392 e. The summed E-state index contributed by atoms with van der Waals surface area (Å²) in [5.74, 6) is -1.20. The first-order valence-electron chi connectivity index (χ1n) is 5.64. The molecule has 1 aromatic carbocycles. The molecule has 1 aromatic rings. The number of aliphatic hydroxyl groups is 1. The quantitative estimate of drug-likeness (QED) is 0.844. The molecule has 1 fully saturated rings. The molecule has 1 aliphatic rings. The van der Waals surface area contributed by atoms with E-state index in [-0.39, 0.29) is 17.9 Å². The van der Waals surface area contributed by atoms with E-state index in [9.17, 15) is 8.78 Å². The summed E-state index contributed by atoms with van der Waals surface area (Å²) >= 11 is 0. The van der Waals surface area contributed by atoms with Gasteiger partial charge >= 0.3 is 0 Å². The molecule has 1 aliphatic heterocycles. The highest BCUT2D eigenvalue weighted by atomic mass is 19.1. The molecule has 2 rings (SSSR count). The molecule has 94 valence electrons. The van der Waals surface area contributed by atoms with Crippen molar-refractivity contribution in [2.75, 3.05) is 38.1 Å². The average molecular weight is 242 g/mol. The summed E-state index contributed by atoms with van der Waals surface area (Å²) in [4.78, 5) is 3.83. The van der Waals surface area contributed by atoms with Gasteiger partial charge in [0.05, 0.1) is 6.61 Å². The van der Waals surface area contributed by atoms with Gasteiger partial charge in [-0.2, -0.15) is 0 Å². The van der Waals surface area contributed by atoms with E-state index >= 15 is 0 Å². The molecule has 0 bridgehead atoms. The molecule has 0 unspecified atom stereocenters. The van der Waals surface area contributed by atoms with E-state index in [1.807, 2.05) is 7.05 Å². The summed E-state index contributed by atoms with van der Waals surface area (Å²) in [6.07, 6.45) is 0. The molecule has 1 saturated heterocycles. The second-order valence-corrected chi connectivity index (χ2v) is 4.36. The monoisotopic (exact) mass is 242 g/mol. The van der Waals surface area contributed by atoms with Crippen LogP contribution in [-0.2, 0) is 6.61 Å². The minimum atomic E-state index is -0.599. The Morgan fingerprint density at radius 1 is 1.12 bits per heavy atom. The molecule has 0 atom stereocenters. The van der Waals surface area contributed by atoms with E-state index in [1.165, 1.54) is 12.1 Å². The Labute approximate surface area is 99.3 Å². The standard InChI is InChI=1S/C12H16F2N2O/c1-15-2-4-16(5-3-15)12-10(13)6-9(8-17)7-11(12)14/h6-7,17H,2-5,8H2,1H3. The van der Waals surface area contributed by atoms with Gasteiger partial charge in [-0.15, -0.1) is 0 Å².